The van der Waals surface area contributed by atoms with Crippen molar-refractivity contribution < 1.29 is 0 Å². The van der Waals surface area contributed by atoms with Crippen LogP contribution in [0.15, 0.2) is 24.3 Å². The van der Waals surface area contributed by atoms with Crippen molar-refractivity contribution in [3.05, 3.63) is 30.1 Å². The van der Waals surface area contributed by atoms with Crippen molar-refractivity contribution in [2.75, 3.05) is 0 Å². The lowest BCUT2D eigenvalue weighted by molar-refractivity contribution is 0.506. The van der Waals surface area contributed by atoms with Crippen LogP contribution in [-0.4, -0.2) is 9.55 Å². The van der Waals surface area contributed by atoms with E-state index in [0.29, 0.717) is 6.04 Å². The first-order chi connectivity index (χ1) is 7.65. The molecular weight excluding hydrogens is 198 g/mol. The minimum Gasteiger partial charge on any atom is -0.324 e. The number of para-hydroxylation sites is 2. The van der Waals surface area contributed by atoms with E-state index in [1.165, 1.54) is 5.52 Å². The summed E-state index contributed by atoms with van der Waals surface area (Å²) in [5.41, 5.74) is 8.21. The molecule has 0 bridgehead atoms. The zero-order chi connectivity index (χ0) is 11.7. The molecule has 1 aromatic heterocycles. The lowest BCUT2D eigenvalue weighted by Crippen LogP contribution is -2.16. The highest BCUT2D eigenvalue weighted by Crippen LogP contribution is 2.25. The number of hydrogen-bond donors (Lipinski definition) is 1. The lowest BCUT2D eigenvalue weighted by atomic mass is 10.2. The van der Waals surface area contributed by atoms with E-state index in [1.54, 1.807) is 0 Å². The normalized spacial score (nSPS) is 15.2. The van der Waals surface area contributed by atoms with E-state index in [9.17, 15) is 0 Å². The minimum absolute atomic E-state index is 0.0265. The van der Waals surface area contributed by atoms with Crippen LogP contribution in [0.3, 0.4) is 0 Å². The third kappa shape index (κ3) is 1.71. The van der Waals surface area contributed by atoms with E-state index in [4.69, 9.17) is 5.73 Å². The first-order valence-corrected chi connectivity index (χ1v) is 5.87. The highest BCUT2D eigenvalue weighted by Gasteiger charge is 2.16. The van der Waals surface area contributed by atoms with Gasteiger partial charge in [-0.2, -0.15) is 0 Å². The topological polar surface area (TPSA) is 43.8 Å². The standard InChI is InChI=1S/C13H19N3/c1-4-9(2)16-12-8-6-5-7-11(12)15-13(16)10(3)14/h5-10H,4,14H2,1-3H3/t9-,10+/m0/s1. The van der Waals surface area contributed by atoms with E-state index < -0.39 is 0 Å². The van der Waals surface area contributed by atoms with Crippen molar-refractivity contribution in [1.29, 1.82) is 0 Å². The van der Waals surface area contributed by atoms with Crippen LogP contribution in [0, 0.1) is 0 Å². The number of fused-ring (bicyclic) bond motifs is 1. The number of hydrogen-bond acceptors (Lipinski definition) is 2. The van der Waals surface area contributed by atoms with Crippen LogP contribution in [-0.2, 0) is 0 Å². The van der Waals surface area contributed by atoms with Gasteiger partial charge in [-0.25, -0.2) is 4.98 Å². The van der Waals surface area contributed by atoms with Gasteiger partial charge < -0.3 is 10.3 Å². The summed E-state index contributed by atoms with van der Waals surface area (Å²) in [6.45, 7) is 6.38. The highest BCUT2D eigenvalue weighted by molar-refractivity contribution is 5.76. The average Bonchev–Trinajstić information content (AvgIpc) is 2.67. The predicted molar refractivity (Wildman–Crippen MR) is 67.3 cm³/mol. The molecule has 3 heteroatoms. The van der Waals surface area contributed by atoms with Crippen LogP contribution < -0.4 is 5.73 Å². The monoisotopic (exact) mass is 217 g/mol. The van der Waals surface area contributed by atoms with Crippen molar-refractivity contribution in [1.82, 2.24) is 9.55 Å². The molecule has 0 aliphatic rings. The minimum atomic E-state index is -0.0265. The Morgan fingerprint density at radius 1 is 1.31 bits per heavy atom. The number of aromatic nitrogens is 2. The van der Waals surface area contributed by atoms with Crippen molar-refractivity contribution >= 4 is 11.0 Å². The fourth-order valence-electron chi connectivity index (χ4n) is 2.03. The van der Waals surface area contributed by atoms with Crippen LogP contribution >= 0.6 is 0 Å². The molecule has 2 aromatic rings. The zero-order valence-corrected chi connectivity index (χ0v) is 10.1. The summed E-state index contributed by atoms with van der Waals surface area (Å²) in [6, 6.07) is 8.63. The Balaban J connectivity index is 2.69. The molecule has 0 fully saturated rings. The fraction of sp³-hybridized carbons (Fsp3) is 0.462. The summed E-state index contributed by atoms with van der Waals surface area (Å²) in [5, 5.41) is 0. The summed E-state index contributed by atoms with van der Waals surface area (Å²) in [4.78, 5) is 4.62. The fourth-order valence-corrected chi connectivity index (χ4v) is 2.03. The van der Waals surface area contributed by atoms with Crippen LogP contribution in [0.1, 0.15) is 45.1 Å². The smallest absolute Gasteiger partial charge is 0.126 e. The number of nitrogens with two attached hydrogens (primary N) is 1. The van der Waals surface area contributed by atoms with Gasteiger partial charge >= 0.3 is 0 Å². The van der Waals surface area contributed by atoms with Crippen LogP contribution in [0.4, 0.5) is 0 Å². The molecular formula is C13H19N3. The van der Waals surface area contributed by atoms with E-state index in [1.807, 2.05) is 25.1 Å². The molecule has 0 radical (unpaired) electrons. The van der Waals surface area contributed by atoms with Crippen LogP contribution in [0.25, 0.3) is 11.0 Å². The van der Waals surface area contributed by atoms with Gasteiger partial charge in [0.25, 0.3) is 0 Å². The molecule has 0 saturated carbocycles. The molecule has 3 nitrogen and oxygen atoms in total. The molecule has 0 spiro atoms. The van der Waals surface area contributed by atoms with Crippen molar-refractivity contribution in [2.24, 2.45) is 5.73 Å². The summed E-state index contributed by atoms with van der Waals surface area (Å²) in [5.74, 6) is 0.982. The lowest BCUT2D eigenvalue weighted by Gasteiger charge is -2.17. The van der Waals surface area contributed by atoms with Gasteiger partial charge in [0.15, 0.2) is 0 Å². The maximum absolute atomic E-state index is 5.99. The third-order valence-corrected chi connectivity index (χ3v) is 3.06. The van der Waals surface area contributed by atoms with Crippen LogP contribution in [0.2, 0.25) is 0 Å². The first-order valence-electron chi connectivity index (χ1n) is 5.87. The average molecular weight is 217 g/mol. The predicted octanol–water partition coefficient (Wildman–Crippen LogP) is 3.03. The van der Waals surface area contributed by atoms with Gasteiger partial charge in [-0.15, -0.1) is 0 Å². The van der Waals surface area contributed by atoms with Crippen molar-refractivity contribution in [3.8, 4) is 0 Å². The maximum Gasteiger partial charge on any atom is 0.126 e. The molecule has 1 heterocycles. The van der Waals surface area contributed by atoms with Crippen molar-refractivity contribution in [3.63, 3.8) is 0 Å². The summed E-state index contributed by atoms with van der Waals surface area (Å²) in [6.07, 6.45) is 1.08. The Bertz CT molecular complexity index is 485. The van der Waals surface area contributed by atoms with Gasteiger partial charge in [-0.3, -0.25) is 0 Å². The Hall–Kier alpha value is -1.35. The summed E-state index contributed by atoms with van der Waals surface area (Å²) in [7, 11) is 0. The van der Waals surface area contributed by atoms with E-state index >= 15 is 0 Å². The molecule has 2 atom stereocenters. The Morgan fingerprint density at radius 2 is 2.00 bits per heavy atom. The SMILES string of the molecule is CC[C@H](C)n1c([C@@H](C)N)nc2ccccc21. The quantitative estimate of drug-likeness (QED) is 0.858. The number of benzene rings is 1. The number of rotatable bonds is 3. The molecule has 2 rings (SSSR count). The molecule has 0 saturated heterocycles. The molecule has 0 amide bonds. The number of imidazole rings is 1. The molecule has 16 heavy (non-hydrogen) atoms. The van der Waals surface area contributed by atoms with Gasteiger partial charge in [0, 0.05) is 6.04 Å². The van der Waals surface area contributed by atoms with Crippen molar-refractivity contribution in [2.45, 2.75) is 39.3 Å². The van der Waals surface area contributed by atoms with E-state index in [2.05, 4.69) is 29.5 Å². The molecule has 2 N–H and O–H groups in total. The Morgan fingerprint density at radius 3 is 2.62 bits per heavy atom. The second-order valence-electron chi connectivity index (χ2n) is 4.37. The Kier molecular flexibility index (Phi) is 2.97. The summed E-state index contributed by atoms with van der Waals surface area (Å²) < 4.78 is 2.26. The molecule has 1 aromatic carbocycles. The third-order valence-electron chi connectivity index (χ3n) is 3.06. The van der Waals surface area contributed by atoms with E-state index in [0.717, 1.165) is 17.8 Å². The van der Waals surface area contributed by atoms with Gasteiger partial charge in [0.05, 0.1) is 17.1 Å². The van der Waals surface area contributed by atoms with Crippen LogP contribution in [0.5, 0.6) is 0 Å². The second kappa shape index (κ2) is 4.26. The van der Waals surface area contributed by atoms with Gasteiger partial charge in [0.1, 0.15) is 5.82 Å². The largest absolute Gasteiger partial charge is 0.324 e. The zero-order valence-electron chi connectivity index (χ0n) is 10.1. The highest BCUT2D eigenvalue weighted by atomic mass is 15.1. The molecule has 0 aliphatic heterocycles. The first kappa shape index (κ1) is 11.1. The number of nitrogens with zero attached hydrogens (tertiary/aromatic N) is 2. The van der Waals surface area contributed by atoms with Gasteiger partial charge in [0.2, 0.25) is 0 Å². The Labute approximate surface area is 96.3 Å². The maximum atomic E-state index is 5.99. The molecule has 0 unspecified atom stereocenters. The van der Waals surface area contributed by atoms with E-state index in [-0.39, 0.29) is 6.04 Å². The molecule has 0 aliphatic carbocycles. The van der Waals surface area contributed by atoms with Gasteiger partial charge in [-0.05, 0) is 32.4 Å². The molecule has 86 valence electrons. The summed E-state index contributed by atoms with van der Waals surface area (Å²) >= 11 is 0. The van der Waals surface area contributed by atoms with Gasteiger partial charge in [-0.1, -0.05) is 19.1 Å². The second-order valence-corrected chi connectivity index (χ2v) is 4.37.